The van der Waals surface area contributed by atoms with Crippen LogP contribution in [0.2, 0.25) is 0 Å². The zero-order chi connectivity index (χ0) is 15.1. The van der Waals surface area contributed by atoms with Crippen molar-refractivity contribution in [1.29, 1.82) is 0 Å². The molecule has 0 aromatic heterocycles. The molecule has 2 aliphatic rings. The Morgan fingerprint density at radius 3 is 1.79 bits per heavy atom. The van der Waals surface area contributed by atoms with Gasteiger partial charge in [-0.25, -0.2) is 0 Å². The molecule has 2 nitrogen and oxygen atoms in total. The molecule has 0 unspecified atom stereocenters. The van der Waals surface area contributed by atoms with Crippen molar-refractivity contribution in [3.05, 3.63) is 23.3 Å². The lowest BCUT2D eigenvalue weighted by atomic mass is 10.1. The molecular formula is C17H36N2. The predicted octanol–water partition coefficient (Wildman–Crippen LogP) is 4.25. The second-order valence-corrected chi connectivity index (χ2v) is 4.57. The summed E-state index contributed by atoms with van der Waals surface area (Å²) < 4.78 is 0. The Morgan fingerprint density at radius 2 is 1.53 bits per heavy atom. The zero-order valence-corrected chi connectivity index (χ0v) is 14.3. The van der Waals surface area contributed by atoms with E-state index in [9.17, 15) is 0 Å². The van der Waals surface area contributed by atoms with Gasteiger partial charge in [-0.05, 0) is 40.3 Å². The molecule has 0 bridgehead atoms. The molecule has 0 amide bonds. The van der Waals surface area contributed by atoms with Crippen molar-refractivity contribution in [1.82, 2.24) is 10.2 Å². The van der Waals surface area contributed by atoms with Crippen LogP contribution in [0, 0.1) is 0 Å². The molecule has 0 saturated heterocycles. The second-order valence-electron chi connectivity index (χ2n) is 4.57. The summed E-state index contributed by atoms with van der Waals surface area (Å²) in [4.78, 5) is 2.33. The first-order chi connectivity index (χ1) is 9.18. The van der Waals surface area contributed by atoms with Crippen molar-refractivity contribution < 1.29 is 0 Å². The molecule has 0 atom stereocenters. The zero-order valence-electron chi connectivity index (χ0n) is 14.3. The van der Waals surface area contributed by atoms with E-state index in [1.54, 1.807) is 5.57 Å². The van der Waals surface area contributed by atoms with E-state index in [0.717, 1.165) is 13.1 Å². The van der Waals surface area contributed by atoms with Gasteiger partial charge in [0.15, 0.2) is 0 Å². The number of rotatable bonds is 0. The number of nitrogens with one attached hydrogen (secondary N) is 1. The molecule has 0 aromatic rings. The minimum absolute atomic E-state index is 1.08. The highest BCUT2D eigenvalue weighted by atomic mass is 15.1. The van der Waals surface area contributed by atoms with E-state index in [1.165, 1.54) is 31.5 Å². The number of nitrogens with zero attached hydrogens (tertiary/aromatic N) is 1. The molecule has 2 heterocycles. The van der Waals surface area contributed by atoms with Crippen LogP contribution < -0.4 is 5.32 Å². The van der Waals surface area contributed by atoms with Crippen LogP contribution in [0.15, 0.2) is 23.3 Å². The van der Waals surface area contributed by atoms with E-state index in [-0.39, 0.29) is 0 Å². The van der Waals surface area contributed by atoms with Crippen molar-refractivity contribution >= 4 is 0 Å². The normalized spacial score (nSPS) is 18.3. The summed E-state index contributed by atoms with van der Waals surface area (Å²) in [6.45, 7) is 17.0. The fourth-order valence-corrected chi connectivity index (χ4v) is 1.61. The van der Waals surface area contributed by atoms with Crippen LogP contribution in [-0.2, 0) is 0 Å². The summed E-state index contributed by atoms with van der Waals surface area (Å²) in [5, 5.41) is 3.24. The first kappa shape index (κ1) is 20.7. The minimum atomic E-state index is 1.08. The van der Waals surface area contributed by atoms with Crippen LogP contribution in [0.3, 0.4) is 0 Å². The van der Waals surface area contributed by atoms with Gasteiger partial charge in [0, 0.05) is 19.6 Å². The Balaban J connectivity index is 0. The van der Waals surface area contributed by atoms with E-state index in [2.05, 4.69) is 43.3 Å². The largest absolute Gasteiger partial charge is 0.313 e. The van der Waals surface area contributed by atoms with Gasteiger partial charge in [0.05, 0.1) is 0 Å². The lowest BCUT2D eigenvalue weighted by Gasteiger charge is -2.19. The van der Waals surface area contributed by atoms with Gasteiger partial charge >= 0.3 is 0 Å². The average molecular weight is 268 g/mol. The SMILES string of the molecule is CC.CC.CC1=CCN(C)CC1.CC1=CCNCC1. The topological polar surface area (TPSA) is 15.3 Å². The van der Waals surface area contributed by atoms with Gasteiger partial charge in [0.2, 0.25) is 0 Å². The predicted molar refractivity (Wildman–Crippen MR) is 89.8 cm³/mol. The van der Waals surface area contributed by atoms with E-state index in [4.69, 9.17) is 0 Å². The van der Waals surface area contributed by atoms with Gasteiger partial charge < -0.3 is 10.2 Å². The third-order valence-electron chi connectivity index (χ3n) is 2.93. The molecule has 2 aliphatic heterocycles. The second kappa shape index (κ2) is 15.5. The van der Waals surface area contributed by atoms with Gasteiger partial charge in [0.1, 0.15) is 0 Å². The maximum absolute atomic E-state index is 3.24. The summed E-state index contributed by atoms with van der Waals surface area (Å²) in [5.41, 5.74) is 3.07. The van der Waals surface area contributed by atoms with Gasteiger partial charge in [0.25, 0.3) is 0 Å². The summed E-state index contributed by atoms with van der Waals surface area (Å²) in [7, 11) is 2.16. The molecular weight excluding hydrogens is 232 g/mol. The van der Waals surface area contributed by atoms with E-state index in [0.29, 0.717) is 0 Å². The molecule has 2 rings (SSSR count). The smallest absolute Gasteiger partial charge is 0.0162 e. The fourth-order valence-electron chi connectivity index (χ4n) is 1.61. The van der Waals surface area contributed by atoms with Crippen molar-refractivity contribution in [2.24, 2.45) is 0 Å². The highest BCUT2D eigenvalue weighted by Gasteiger charge is 2.01. The van der Waals surface area contributed by atoms with Crippen molar-refractivity contribution in [2.75, 3.05) is 33.2 Å². The summed E-state index contributed by atoms with van der Waals surface area (Å²) in [6, 6.07) is 0. The molecule has 0 fully saturated rings. The third-order valence-corrected chi connectivity index (χ3v) is 2.93. The highest BCUT2D eigenvalue weighted by Crippen LogP contribution is 2.06. The summed E-state index contributed by atoms with van der Waals surface area (Å²) in [5.74, 6) is 0. The first-order valence-corrected chi connectivity index (χ1v) is 7.89. The number of hydrogen-bond acceptors (Lipinski definition) is 2. The van der Waals surface area contributed by atoms with Gasteiger partial charge in [-0.2, -0.15) is 0 Å². The van der Waals surface area contributed by atoms with Crippen LogP contribution in [0.5, 0.6) is 0 Å². The Morgan fingerprint density at radius 1 is 0.947 bits per heavy atom. The van der Waals surface area contributed by atoms with E-state index in [1.807, 2.05) is 27.7 Å². The Bertz CT molecular complexity index is 242. The third kappa shape index (κ3) is 13.6. The molecule has 114 valence electrons. The van der Waals surface area contributed by atoms with Gasteiger partial charge in [-0.15, -0.1) is 0 Å². The molecule has 0 aromatic carbocycles. The molecule has 0 aliphatic carbocycles. The quantitative estimate of drug-likeness (QED) is 0.661. The maximum Gasteiger partial charge on any atom is 0.0162 e. The Hall–Kier alpha value is -0.600. The molecule has 2 heteroatoms. The fraction of sp³-hybridized carbons (Fsp3) is 0.765. The summed E-state index contributed by atoms with van der Waals surface area (Å²) in [6.07, 6.45) is 7.03. The number of hydrogen-bond donors (Lipinski definition) is 1. The van der Waals surface area contributed by atoms with Crippen LogP contribution in [0.25, 0.3) is 0 Å². The van der Waals surface area contributed by atoms with Crippen molar-refractivity contribution in [2.45, 2.75) is 54.4 Å². The lowest BCUT2D eigenvalue weighted by molar-refractivity contribution is 0.359. The average Bonchev–Trinajstić information content (AvgIpc) is 2.48. The lowest BCUT2D eigenvalue weighted by Crippen LogP contribution is -2.23. The molecule has 0 saturated carbocycles. The molecule has 0 radical (unpaired) electrons. The van der Waals surface area contributed by atoms with Crippen LogP contribution in [0.4, 0.5) is 0 Å². The van der Waals surface area contributed by atoms with Crippen molar-refractivity contribution in [3.63, 3.8) is 0 Å². The van der Waals surface area contributed by atoms with Gasteiger partial charge in [-0.1, -0.05) is 51.0 Å². The van der Waals surface area contributed by atoms with Crippen LogP contribution in [0.1, 0.15) is 54.4 Å². The number of likely N-dealkylation sites (N-methyl/N-ethyl adjacent to an activating group) is 1. The maximum atomic E-state index is 3.24. The highest BCUT2D eigenvalue weighted by molar-refractivity contribution is 5.03. The first-order valence-electron chi connectivity index (χ1n) is 7.89. The molecule has 0 spiro atoms. The monoisotopic (exact) mass is 268 g/mol. The molecule has 19 heavy (non-hydrogen) atoms. The van der Waals surface area contributed by atoms with E-state index >= 15 is 0 Å². The summed E-state index contributed by atoms with van der Waals surface area (Å²) >= 11 is 0. The minimum Gasteiger partial charge on any atom is -0.313 e. The van der Waals surface area contributed by atoms with Gasteiger partial charge in [-0.3, -0.25) is 0 Å². The van der Waals surface area contributed by atoms with Crippen LogP contribution in [-0.4, -0.2) is 38.1 Å². The Kier molecular flexibility index (Phi) is 16.9. The van der Waals surface area contributed by atoms with E-state index < -0.39 is 0 Å². The molecule has 1 N–H and O–H groups in total. The standard InChI is InChI=1S/C7H13N.C6H11N.2C2H6/c1-7-3-5-8(2)6-4-7;1-6-2-4-7-5-3-6;2*1-2/h3H,4-6H2,1-2H3;2,7H,3-5H2,1H3;2*1-2H3. The van der Waals surface area contributed by atoms with Crippen molar-refractivity contribution in [3.8, 4) is 0 Å². The Labute approximate surface area is 122 Å². The van der Waals surface area contributed by atoms with Crippen LogP contribution >= 0.6 is 0 Å².